The second kappa shape index (κ2) is 5.08. The van der Waals surface area contributed by atoms with Crippen molar-refractivity contribution in [1.29, 1.82) is 0 Å². The lowest BCUT2D eigenvalue weighted by Gasteiger charge is -2.43. The van der Waals surface area contributed by atoms with Crippen LogP contribution in [0.3, 0.4) is 0 Å². The molecule has 0 unspecified atom stereocenters. The molecule has 0 aliphatic carbocycles. The number of carbonyl (C=O) groups is 1. The lowest BCUT2D eigenvalue weighted by Crippen LogP contribution is -2.48. The number of methoxy groups -OCH3 is 1. The lowest BCUT2D eigenvalue weighted by molar-refractivity contribution is -0.160. The van der Waals surface area contributed by atoms with Gasteiger partial charge in [0, 0.05) is 19.4 Å². The van der Waals surface area contributed by atoms with E-state index in [0.29, 0.717) is 12.8 Å². The van der Waals surface area contributed by atoms with Crippen LogP contribution in [0.4, 0.5) is 0 Å². The van der Waals surface area contributed by atoms with Crippen molar-refractivity contribution >= 4 is 5.97 Å². The van der Waals surface area contributed by atoms with Gasteiger partial charge in [-0.2, -0.15) is 0 Å². The molecule has 1 saturated heterocycles. The third-order valence-corrected chi connectivity index (χ3v) is 3.56. The summed E-state index contributed by atoms with van der Waals surface area (Å²) in [4.78, 5) is 11.1. The quantitative estimate of drug-likeness (QED) is 0.709. The number of carbonyl (C=O) groups excluding carboxylic acids is 1. The van der Waals surface area contributed by atoms with Crippen molar-refractivity contribution in [1.82, 2.24) is 0 Å². The first-order valence-corrected chi connectivity index (χ1v) is 6.20. The van der Waals surface area contributed by atoms with Crippen LogP contribution in [0.2, 0.25) is 0 Å². The molecule has 2 rings (SSSR count). The van der Waals surface area contributed by atoms with Crippen LogP contribution in [0.15, 0.2) is 11.8 Å². The molecule has 17 heavy (non-hydrogen) atoms. The number of hydrogen-bond acceptors (Lipinski definition) is 4. The third kappa shape index (κ3) is 2.80. The molecule has 4 heteroatoms. The SMILES string of the molecule is COC(=O)CCC1=CC[C@]2(C)OCCC[C@H]2O1. The van der Waals surface area contributed by atoms with Crippen LogP contribution < -0.4 is 0 Å². The van der Waals surface area contributed by atoms with Gasteiger partial charge in [0.15, 0.2) is 0 Å². The van der Waals surface area contributed by atoms with E-state index in [-0.39, 0.29) is 17.7 Å². The number of fused-ring (bicyclic) bond motifs is 1. The van der Waals surface area contributed by atoms with Crippen LogP contribution in [-0.2, 0) is 19.0 Å². The summed E-state index contributed by atoms with van der Waals surface area (Å²) in [5, 5.41) is 0. The van der Waals surface area contributed by atoms with Crippen molar-refractivity contribution in [2.24, 2.45) is 0 Å². The summed E-state index contributed by atoms with van der Waals surface area (Å²) < 4.78 is 16.3. The minimum absolute atomic E-state index is 0.133. The Labute approximate surface area is 102 Å². The molecule has 96 valence electrons. The molecule has 0 aromatic heterocycles. The zero-order chi connectivity index (χ0) is 12.3. The second-order valence-electron chi connectivity index (χ2n) is 4.86. The Hall–Kier alpha value is -1.03. The summed E-state index contributed by atoms with van der Waals surface area (Å²) in [6.07, 6.45) is 6.13. The van der Waals surface area contributed by atoms with E-state index in [1.54, 1.807) is 0 Å². The Bertz CT molecular complexity index is 323. The summed E-state index contributed by atoms with van der Waals surface area (Å²) in [5.41, 5.74) is -0.174. The van der Waals surface area contributed by atoms with Crippen molar-refractivity contribution in [2.75, 3.05) is 13.7 Å². The molecule has 0 spiro atoms. The monoisotopic (exact) mass is 240 g/mol. The fourth-order valence-electron chi connectivity index (χ4n) is 2.38. The topological polar surface area (TPSA) is 44.8 Å². The summed E-state index contributed by atoms with van der Waals surface area (Å²) in [5.74, 6) is 0.714. The highest BCUT2D eigenvalue weighted by Crippen LogP contribution is 2.37. The molecule has 0 aromatic carbocycles. The van der Waals surface area contributed by atoms with Crippen LogP contribution in [0.1, 0.15) is 39.0 Å². The van der Waals surface area contributed by atoms with Gasteiger partial charge in [-0.1, -0.05) is 0 Å². The van der Waals surface area contributed by atoms with Crippen molar-refractivity contribution in [2.45, 2.75) is 50.7 Å². The van der Waals surface area contributed by atoms with Crippen molar-refractivity contribution < 1.29 is 19.0 Å². The minimum Gasteiger partial charge on any atom is -0.492 e. The number of allylic oxidation sites excluding steroid dienone is 1. The predicted octanol–water partition coefficient (Wildman–Crippen LogP) is 2.18. The van der Waals surface area contributed by atoms with Gasteiger partial charge in [-0.25, -0.2) is 0 Å². The first kappa shape index (κ1) is 12.4. The Morgan fingerprint density at radius 3 is 3.24 bits per heavy atom. The average molecular weight is 240 g/mol. The molecule has 0 saturated carbocycles. The molecular weight excluding hydrogens is 220 g/mol. The van der Waals surface area contributed by atoms with Gasteiger partial charge in [0.2, 0.25) is 0 Å². The average Bonchev–Trinajstić information content (AvgIpc) is 2.35. The zero-order valence-electron chi connectivity index (χ0n) is 10.5. The molecule has 2 heterocycles. The van der Waals surface area contributed by atoms with E-state index < -0.39 is 0 Å². The summed E-state index contributed by atoms with van der Waals surface area (Å²) in [6, 6.07) is 0. The van der Waals surface area contributed by atoms with Gasteiger partial charge in [-0.05, 0) is 25.8 Å². The Balaban J connectivity index is 1.92. The molecule has 1 fully saturated rings. The highest BCUT2D eigenvalue weighted by atomic mass is 16.6. The van der Waals surface area contributed by atoms with Crippen LogP contribution in [0, 0.1) is 0 Å². The number of esters is 1. The van der Waals surface area contributed by atoms with Gasteiger partial charge in [0.25, 0.3) is 0 Å². The molecule has 0 aromatic rings. The Morgan fingerprint density at radius 2 is 2.47 bits per heavy atom. The highest BCUT2D eigenvalue weighted by molar-refractivity contribution is 5.69. The van der Waals surface area contributed by atoms with Gasteiger partial charge >= 0.3 is 5.97 Å². The van der Waals surface area contributed by atoms with E-state index in [1.165, 1.54) is 7.11 Å². The van der Waals surface area contributed by atoms with Crippen molar-refractivity contribution in [3.63, 3.8) is 0 Å². The van der Waals surface area contributed by atoms with E-state index >= 15 is 0 Å². The maximum atomic E-state index is 11.1. The lowest BCUT2D eigenvalue weighted by atomic mass is 9.87. The van der Waals surface area contributed by atoms with Gasteiger partial charge in [-0.3, -0.25) is 4.79 Å². The smallest absolute Gasteiger partial charge is 0.305 e. The fraction of sp³-hybridized carbons (Fsp3) is 0.769. The van der Waals surface area contributed by atoms with E-state index in [4.69, 9.17) is 9.47 Å². The highest BCUT2D eigenvalue weighted by Gasteiger charge is 2.41. The summed E-state index contributed by atoms with van der Waals surface area (Å²) >= 11 is 0. The normalized spacial score (nSPS) is 32.1. The Morgan fingerprint density at radius 1 is 1.65 bits per heavy atom. The van der Waals surface area contributed by atoms with E-state index in [9.17, 15) is 4.79 Å². The first-order valence-electron chi connectivity index (χ1n) is 6.20. The molecule has 2 atom stereocenters. The predicted molar refractivity (Wildman–Crippen MR) is 62.4 cm³/mol. The standard InChI is InChI=1S/C13H20O4/c1-13-8-7-10(5-6-12(14)15-2)17-11(13)4-3-9-16-13/h7,11H,3-6,8-9H2,1-2H3/t11-,13+/m1/s1. The maximum absolute atomic E-state index is 11.1. The summed E-state index contributed by atoms with van der Waals surface area (Å²) in [6.45, 7) is 2.92. The third-order valence-electron chi connectivity index (χ3n) is 3.56. The van der Waals surface area contributed by atoms with Gasteiger partial charge < -0.3 is 14.2 Å². The summed E-state index contributed by atoms with van der Waals surface area (Å²) in [7, 11) is 1.41. The second-order valence-corrected chi connectivity index (χ2v) is 4.86. The van der Waals surface area contributed by atoms with Crippen LogP contribution in [0.5, 0.6) is 0 Å². The number of hydrogen-bond donors (Lipinski definition) is 0. The van der Waals surface area contributed by atoms with Crippen LogP contribution in [-0.4, -0.2) is 31.4 Å². The molecular formula is C13H20O4. The van der Waals surface area contributed by atoms with Gasteiger partial charge in [0.05, 0.1) is 19.3 Å². The van der Waals surface area contributed by atoms with E-state index in [2.05, 4.69) is 11.7 Å². The van der Waals surface area contributed by atoms with E-state index in [1.807, 2.05) is 6.08 Å². The number of rotatable bonds is 3. The molecule has 0 N–H and O–H groups in total. The molecule has 4 nitrogen and oxygen atoms in total. The van der Waals surface area contributed by atoms with Gasteiger partial charge in [-0.15, -0.1) is 0 Å². The minimum atomic E-state index is -0.192. The van der Waals surface area contributed by atoms with Gasteiger partial charge in [0.1, 0.15) is 11.7 Å². The van der Waals surface area contributed by atoms with E-state index in [0.717, 1.165) is 31.6 Å². The molecule has 2 aliphatic rings. The van der Waals surface area contributed by atoms with Crippen molar-refractivity contribution in [3.8, 4) is 0 Å². The molecule has 0 bridgehead atoms. The molecule has 0 radical (unpaired) electrons. The zero-order valence-corrected chi connectivity index (χ0v) is 10.5. The van der Waals surface area contributed by atoms with Crippen LogP contribution in [0.25, 0.3) is 0 Å². The maximum Gasteiger partial charge on any atom is 0.305 e. The largest absolute Gasteiger partial charge is 0.492 e. The molecule has 2 aliphatic heterocycles. The Kier molecular flexibility index (Phi) is 3.72. The van der Waals surface area contributed by atoms with Crippen LogP contribution >= 0.6 is 0 Å². The first-order chi connectivity index (χ1) is 8.14. The molecule has 0 amide bonds. The fourth-order valence-corrected chi connectivity index (χ4v) is 2.38. The number of ether oxygens (including phenoxy) is 3. The van der Waals surface area contributed by atoms with Crippen molar-refractivity contribution in [3.05, 3.63) is 11.8 Å².